The van der Waals surface area contributed by atoms with Crippen molar-refractivity contribution in [1.29, 1.82) is 0 Å². The molecule has 0 aliphatic carbocycles. The molecule has 2 fully saturated rings. The van der Waals surface area contributed by atoms with Crippen molar-refractivity contribution in [2.45, 2.75) is 37.0 Å². The Labute approximate surface area is 146 Å². The monoisotopic (exact) mass is 333 g/mol. The van der Waals surface area contributed by atoms with Crippen LogP contribution in [0.2, 0.25) is 0 Å². The molecule has 0 unspecified atom stereocenters. The molecule has 4 atom stereocenters. The molecule has 5 nitrogen and oxygen atoms in total. The Morgan fingerprint density at radius 3 is 2.52 bits per heavy atom. The van der Waals surface area contributed by atoms with Gasteiger partial charge in [0.15, 0.2) is 0 Å². The van der Waals surface area contributed by atoms with E-state index < -0.39 is 17.5 Å². The van der Waals surface area contributed by atoms with E-state index in [1.807, 2.05) is 36.4 Å². The molecule has 2 N–H and O–H groups in total. The Bertz CT molecular complexity index is 882. The molecule has 3 heterocycles. The van der Waals surface area contributed by atoms with E-state index in [-0.39, 0.29) is 18.0 Å². The number of hydrogen-bond donors (Lipinski definition) is 2. The van der Waals surface area contributed by atoms with Gasteiger partial charge in [-0.05, 0) is 30.5 Å². The van der Waals surface area contributed by atoms with Crippen molar-refractivity contribution in [2.75, 3.05) is 5.32 Å². The zero-order valence-corrected chi connectivity index (χ0v) is 13.9. The lowest BCUT2D eigenvalue weighted by Gasteiger charge is -2.37. The van der Waals surface area contributed by atoms with Crippen molar-refractivity contribution in [3.8, 4) is 0 Å². The zero-order valence-electron chi connectivity index (χ0n) is 13.9. The molecule has 0 radical (unpaired) electrons. The van der Waals surface area contributed by atoms with Gasteiger partial charge in [-0.2, -0.15) is 0 Å². The summed E-state index contributed by atoms with van der Waals surface area (Å²) in [5.41, 5.74) is 2.94. The lowest BCUT2D eigenvalue weighted by Crippen LogP contribution is -2.63. The number of para-hydroxylation sites is 1. The molecule has 126 valence electrons. The van der Waals surface area contributed by atoms with Gasteiger partial charge >= 0.3 is 0 Å². The molecule has 2 amide bonds. The average Bonchev–Trinajstić information content (AvgIpc) is 3.13. The molecule has 0 aromatic heterocycles. The third kappa shape index (κ3) is 1.73. The van der Waals surface area contributed by atoms with Crippen LogP contribution in [0, 0.1) is 0 Å². The molecule has 2 saturated heterocycles. The average molecular weight is 333 g/mol. The van der Waals surface area contributed by atoms with Crippen LogP contribution in [-0.2, 0) is 15.0 Å². The Morgan fingerprint density at radius 2 is 1.72 bits per heavy atom. The molecule has 5 rings (SSSR count). The van der Waals surface area contributed by atoms with Crippen molar-refractivity contribution in [1.82, 2.24) is 10.2 Å². The maximum atomic E-state index is 12.9. The summed E-state index contributed by atoms with van der Waals surface area (Å²) in [6.45, 7) is 1.75. The van der Waals surface area contributed by atoms with Crippen molar-refractivity contribution in [3.63, 3.8) is 0 Å². The van der Waals surface area contributed by atoms with Crippen LogP contribution in [0.1, 0.15) is 24.5 Å². The summed E-state index contributed by atoms with van der Waals surface area (Å²) in [6, 6.07) is 17.5. The molecule has 0 spiro atoms. The lowest BCUT2D eigenvalue weighted by molar-refractivity contribution is -0.148. The standard InChI is InChI=1S/C20H19N3O2/c1-12-18(25)23-16(17(24)21-12)11-20(13-7-3-2-4-8-13)14-9-5-6-10-15(14)22-19(20)23/h2-10,12,16,19,22H,11H2,1H3,(H,21,24)/t12-,16-,19+,20-/m0/s1. The highest BCUT2D eigenvalue weighted by Gasteiger charge is 2.63. The van der Waals surface area contributed by atoms with E-state index in [0.717, 1.165) is 16.8 Å². The van der Waals surface area contributed by atoms with Crippen LogP contribution < -0.4 is 10.6 Å². The van der Waals surface area contributed by atoms with Crippen molar-refractivity contribution >= 4 is 17.5 Å². The van der Waals surface area contributed by atoms with E-state index in [1.54, 1.807) is 11.8 Å². The first-order chi connectivity index (χ1) is 12.1. The highest BCUT2D eigenvalue weighted by atomic mass is 16.2. The van der Waals surface area contributed by atoms with Crippen LogP contribution in [0.4, 0.5) is 5.69 Å². The normalized spacial score (nSPS) is 32.5. The molecular weight excluding hydrogens is 314 g/mol. The Kier molecular flexibility index (Phi) is 2.82. The summed E-state index contributed by atoms with van der Waals surface area (Å²) in [5, 5.41) is 6.36. The number of nitrogens with one attached hydrogen (secondary N) is 2. The second-order valence-electron chi connectivity index (χ2n) is 7.13. The maximum absolute atomic E-state index is 12.9. The van der Waals surface area contributed by atoms with Gasteiger partial charge in [0.05, 0.1) is 5.41 Å². The molecule has 3 aliphatic rings. The fourth-order valence-electron chi connectivity index (χ4n) is 4.79. The Morgan fingerprint density at radius 1 is 1.00 bits per heavy atom. The number of benzene rings is 2. The maximum Gasteiger partial charge on any atom is 0.247 e. The third-order valence-corrected chi connectivity index (χ3v) is 5.87. The first-order valence-corrected chi connectivity index (χ1v) is 8.67. The van der Waals surface area contributed by atoms with E-state index in [2.05, 4.69) is 28.8 Å². The molecule has 3 aliphatic heterocycles. The Hall–Kier alpha value is -2.82. The molecule has 5 heteroatoms. The van der Waals surface area contributed by atoms with Crippen LogP contribution >= 0.6 is 0 Å². The lowest BCUT2D eigenvalue weighted by atomic mass is 9.72. The number of amides is 2. The van der Waals surface area contributed by atoms with Crippen molar-refractivity contribution in [3.05, 3.63) is 65.7 Å². The summed E-state index contributed by atoms with van der Waals surface area (Å²) in [4.78, 5) is 27.3. The van der Waals surface area contributed by atoms with Crippen LogP contribution in [-0.4, -0.2) is 35.0 Å². The van der Waals surface area contributed by atoms with Gasteiger partial charge < -0.3 is 15.5 Å². The number of carbonyl (C=O) groups is 2. The van der Waals surface area contributed by atoms with Gasteiger partial charge in [0.25, 0.3) is 0 Å². The predicted molar refractivity (Wildman–Crippen MR) is 93.9 cm³/mol. The summed E-state index contributed by atoms with van der Waals surface area (Å²) in [7, 11) is 0. The first-order valence-electron chi connectivity index (χ1n) is 8.67. The van der Waals surface area contributed by atoms with Gasteiger partial charge in [-0.3, -0.25) is 9.59 Å². The minimum atomic E-state index is -0.485. The minimum Gasteiger partial charge on any atom is -0.364 e. The van der Waals surface area contributed by atoms with Gasteiger partial charge in [0.1, 0.15) is 18.2 Å². The number of hydrogen-bond acceptors (Lipinski definition) is 3. The molecule has 2 aromatic rings. The van der Waals surface area contributed by atoms with E-state index in [0.29, 0.717) is 6.42 Å². The number of nitrogens with zero attached hydrogens (tertiary/aromatic N) is 1. The predicted octanol–water partition coefficient (Wildman–Crippen LogP) is 1.84. The van der Waals surface area contributed by atoms with Gasteiger partial charge in [0, 0.05) is 5.69 Å². The number of carbonyl (C=O) groups excluding carboxylic acids is 2. The highest BCUT2D eigenvalue weighted by Crippen LogP contribution is 2.55. The first kappa shape index (κ1) is 14.5. The zero-order chi connectivity index (χ0) is 17.2. The second-order valence-corrected chi connectivity index (χ2v) is 7.13. The highest BCUT2D eigenvalue weighted by molar-refractivity contribution is 5.98. The van der Waals surface area contributed by atoms with E-state index in [9.17, 15) is 9.59 Å². The van der Waals surface area contributed by atoms with Crippen LogP contribution in [0.5, 0.6) is 0 Å². The molecule has 2 aromatic carbocycles. The van der Waals surface area contributed by atoms with Gasteiger partial charge in [-0.1, -0.05) is 48.5 Å². The van der Waals surface area contributed by atoms with Gasteiger partial charge in [-0.15, -0.1) is 0 Å². The van der Waals surface area contributed by atoms with E-state index in [4.69, 9.17) is 0 Å². The Balaban J connectivity index is 1.75. The van der Waals surface area contributed by atoms with Gasteiger partial charge in [0.2, 0.25) is 11.8 Å². The van der Waals surface area contributed by atoms with Crippen LogP contribution in [0.15, 0.2) is 54.6 Å². The number of piperazine rings is 1. The second kappa shape index (κ2) is 4.85. The largest absolute Gasteiger partial charge is 0.364 e. The van der Waals surface area contributed by atoms with Gasteiger partial charge in [-0.25, -0.2) is 0 Å². The van der Waals surface area contributed by atoms with Crippen molar-refractivity contribution < 1.29 is 9.59 Å². The fraction of sp³-hybridized carbons (Fsp3) is 0.300. The van der Waals surface area contributed by atoms with Crippen LogP contribution in [0.3, 0.4) is 0 Å². The molecular formula is C20H19N3O2. The number of anilines is 1. The minimum absolute atomic E-state index is 0.0206. The van der Waals surface area contributed by atoms with E-state index in [1.165, 1.54) is 0 Å². The van der Waals surface area contributed by atoms with E-state index >= 15 is 0 Å². The number of fused-ring (bicyclic) bond motifs is 5. The third-order valence-electron chi connectivity index (χ3n) is 5.87. The fourth-order valence-corrected chi connectivity index (χ4v) is 4.79. The molecule has 0 bridgehead atoms. The topological polar surface area (TPSA) is 61.4 Å². The van der Waals surface area contributed by atoms with Crippen molar-refractivity contribution in [2.24, 2.45) is 0 Å². The summed E-state index contributed by atoms with van der Waals surface area (Å²) < 4.78 is 0. The summed E-state index contributed by atoms with van der Waals surface area (Å²) in [5.74, 6) is -0.0798. The smallest absolute Gasteiger partial charge is 0.247 e. The SMILES string of the molecule is C[C@@H]1NC(=O)[C@@H]2C[C@]3(c4ccccc4)c4ccccc4N[C@@H]3N2C1=O. The quantitative estimate of drug-likeness (QED) is 0.837. The molecule has 25 heavy (non-hydrogen) atoms. The van der Waals surface area contributed by atoms with Crippen LogP contribution in [0.25, 0.3) is 0 Å². The molecule has 0 saturated carbocycles. The number of rotatable bonds is 1. The summed E-state index contributed by atoms with van der Waals surface area (Å²) >= 11 is 0. The summed E-state index contributed by atoms with van der Waals surface area (Å²) in [6.07, 6.45) is 0.356.